The van der Waals surface area contributed by atoms with Crippen LogP contribution in [0.3, 0.4) is 0 Å². The normalized spacial score (nSPS) is 13.6. The van der Waals surface area contributed by atoms with Crippen LogP contribution in [0.25, 0.3) is 32.2 Å². The van der Waals surface area contributed by atoms with Crippen molar-refractivity contribution < 1.29 is 13.3 Å². The van der Waals surface area contributed by atoms with E-state index in [0.717, 1.165) is 59.0 Å². The highest BCUT2D eigenvalue weighted by atomic mass is 32.2. The molecule has 278 valence electrons. The first kappa shape index (κ1) is 36.4. The number of thiazole rings is 1. The molecule has 2 N–H and O–H groups in total. The summed E-state index contributed by atoms with van der Waals surface area (Å²) in [6.07, 6.45) is 1.31. The summed E-state index contributed by atoms with van der Waals surface area (Å²) in [6.45, 7) is 4.71. The van der Waals surface area contributed by atoms with E-state index in [0.29, 0.717) is 23.2 Å². The Morgan fingerprint density at radius 3 is 2.44 bits per heavy atom. The Morgan fingerprint density at radius 2 is 1.62 bits per heavy atom. The van der Waals surface area contributed by atoms with E-state index < -0.39 is 14.9 Å². The molecule has 1 aliphatic heterocycles. The smallest absolute Gasteiger partial charge is 0.293 e. The second-order valence-electron chi connectivity index (χ2n) is 13.0. The van der Waals surface area contributed by atoms with Gasteiger partial charge in [0, 0.05) is 62.2 Å². The molecule has 1 fully saturated rings. The predicted octanol–water partition coefficient (Wildman–Crippen LogP) is 8.14. The third-order valence-electron chi connectivity index (χ3n) is 9.48. The molecular formula is C40H36N8O4S3. The molecule has 7 aromatic rings. The average molecular weight is 789 g/mol. The topological polar surface area (TPSA) is 146 Å². The van der Waals surface area contributed by atoms with Gasteiger partial charge in [-0.05, 0) is 59.2 Å². The van der Waals surface area contributed by atoms with Crippen LogP contribution in [0, 0.1) is 10.1 Å². The second-order valence-corrected chi connectivity index (χ2v) is 17.0. The first-order chi connectivity index (χ1) is 26.8. The monoisotopic (exact) mass is 788 g/mol. The number of nitro groups is 1. The van der Waals surface area contributed by atoms with Gasteiger partial charge in [-0.25, -0.2) is 23.4 Å². The number of fused-ring (bicyclic) bond motifs is 2. The number of hydrogen-bond donors (Lipinski definition) is 2. The van der Waals surface area contributed by atoms with Crippen molar-refractivity contribution in [3.8, 4) is 11.1 Å². The van der Waals surface area contributed by atoms with E-state index in [1.165, 1.54) is 35.2 Å². The zero-order valence-electron chi connectivity index (χ0n) is 29.5. The molecule has 0 bridgehead atoms. The van der Waals surface area contributed by atoms with Crippen LogP contribution in [0.15, 0.2) is 131 Å². The number of piperazine rings is 1. The van der Waals surface area contributed by atoms with E-state index in [-0.39, 0.29) is 22.1 Å². The summed E-state index contributed by atoms with van der Waals surface area (Å²) in [5.41, 5.74) is 6.16. The van der Waals surface area contributed by atoms with Gasteiger partial charge in [-0.2, -0.15) is 0 Å². The van der Waals surface area contributed by atoms with Gasteiger partial charge in [0.25, 0.3) is 15.7 Å². The van der Waals surface area contributed by atoms with Crippen LogP contribution in [0.5, 0.6) is 0 Å². The Morgan fingerprint density at radius 1 is 0.836 bits per heavy atom. The minimum absolute atomic E-state index is 0.0928. The largest absolute Gasteiger partial charge is 0.379 e. The predicted molar refractivity (Wildman–Crippen MR) is 222 cm³/mol. The Balaban J connectivity index is 0.907. The van der Waals surface area contributed by atoms with E-state index in [4.69, 9.17) is 0 Å². The maximum Gasteiger partial charge on any atom is 0.293 e. The van der Waals surface area contributed by atoms with Crippen molar-refractivity contribution in [3.63, 3.8) is 0 Å². The van der Waals surface area contributed by atoms with E-state index in [1.807, 2.05) is 48.5 Å². The molecular weight excluding hydrogens is 753 g/mol. The maximum atomic E-state index is 13.6. The lowest BCUT2D eigenvalue weighted by Gasteiger charge is -2.36. The molecule has 12 nitrogen and oxygen atoms in total. The lowest BCUT2D eigenvalue weighted by Crippen LogP contribution is -2.46. The highest BCUT2D eigenvalue weighted by Gasteiger charge is 2.24. The van der Waals surface area contributed by atoms with E-state index in [2.05, 4.69) is 83.3 Å². The van der Waals surface area contributed by atoms with Gasteiger partial charge in [0.2, 0.25) is 0 Å². The third-order valence-corrected chi connectivity index (χ3v) is 13.0. The second kappa shape index (κ2) is 16.0. The number of sulfonamides is 1. The Kier molecular flexibility index (Phi) is 10.6. The number of anilines is 3. The molecule has 0 radical (unpaired) electrons. The summed E-state index contributed by atoms with van der Waals surface area (Å²) in [6, 6.07) is 36.4. The molecule has 1 saturated heterocycles. The van der Waals surface area contributed by atoms with Gasteiger partial charge in [0.15, 0.2) is 10.2 Å². The van der Waals surface area contributed by atoms with E-state index in [1.54, 1.807) is 23.1 Å². The number of nitrogens with zero attached hydrogens (tertiary/aromatic N) is 6. The van der Waals surface area contributed by atoms with Gasteiger partial charge >= 0.3 is 0 Å². The quantitative estimate of drug-likeness (QED) is 0.0505. The number of nitro benzene ring substituents is 1. The summed E-state index contributed by atoms with van der Waals surface area (Å²) in [7, 11) is -4.23. The number of aromatic nitrogens is 3. The first-order valence-corrected chi connectivity index (χ1v) is 21.0. The lowest BCUT2D eigenvalue weighted by molar-refractivity contribution is -0.384. The highest BCUT2D eigenvalue weighted by Crippen LogP contribution is 2.33. The van der Waals surface area contributed by atoms with Crippen LogP contribution < -0.4 is 14.9 Å². The summed E-state index contributed by atoms with van der Waals surface area (Å²) in [4.78, 5) is 29.2. The van der Waals surface area contributed by atoms with Crippen LogP contribution >= 0.6 is 23.1 Å². The average Bonchev–Trinajstić information content (AvgIpc) is 3.63. The SMILES string of the molecule is O=[N+]([O-])c1cc(S(=O)(=O)Nc2ncnc3cc(N4CCN(Cc5ccccc5-c5ccccc5)CC4)ccc23)ccc1NCCSc1nc2ccccc2s1. The minimum Gasteiger partial charge on any atom is -0.379 e. The Bertz CT molecular complexity index is 2560. The molecule has 0 spiro atoms. The molecule has 0 unspecified atom stereocenters. The van der Waals surface area contributed by atoms with Gasteiger partial charge in [-0.1, -0.05) is 78.5 Å². The summed E-state index contributed by atoms with van der Waals surface area (Å²) in [5, 5.41) is 15.6. The van der Waals surface area contributed by atoms with E-state index >= 15 is 0 Å². The van der Waals surface area contributed by atoms with Crippen molar-refractivity contribution in [2.45, 2.75) is 15.8 Å². The van der Waals surface area contributed by atoms with Crippen molar-refractivity contribution in [3.05, 3.63) is 137 Å². The van der Waals surface area contributed by atoms with Gasteiger partial charge in [0.1, 0.15) is 12.0 Å². The van der Waals surface area contributed by atoms with Gasteiger partial charge in [-0.3, -0.25) is 19.7 Å². The highest BCUT2D eigenvalue weighted by molar-refractivity contribution is 8.01. The molecule has 8 rings (SSSR count). The molecule has 55 heavy (non-hydrogen) atoms. The standard InChI is InChI=1S/C40H36N8O4S3/c49-48(50)37-25-31(15-17-34(37)41-18-23-53-40-44-35-12-6-7-13-38(35)54-40)55(51,52)45-39-33-16-14-30(24-36(33)42-27-43-39)47-21-19-46(20-22-47)26-29-10-4-5-11-32(29)28-8-2-1-3-9-28/h1-17,24-25,27,41H,18-23,26H2,(H,42,43,45). The van der Waals surface area contributed by atoms with Crippen molar-refractivity contribution >= 4 is 77.1 Å². The molecule has 0 saturated carbocycles. The molecule has 1 aliphatic rings. The molecule has 5 aromatic carbocycles. The van der Waals surface area contributed by atoms with Crippen molar-refractivity contribution in [1.29, 1.82) is 0 Å². The van der Waals surface area contributed by atoms with Crippen LogP contribution in [0.1, 0.15) is 5.56 Å². The first-order valence-electron chi connectivity index (χ1n) is 17.7. The van der Waals surface area contributed by atoms with Crippen LogP contribution in [-0.2, 0) is 16.6 Å². The van der Waals surface area contributed by atoms with Gasteiger partial charge in [-0.15, -0.1) is 11.3 Å². The summed E-state index contributed by atoms with van der Waals surface area (Å²) in [5.74, 6) is 0.705. The molecule has 0 aliphatic carbocycles. The van der Waals surface area contributed by atoms with Crippen LogP contribution in [-0.4, -0.2) is 71.7 Å². The Hall–Kier alpha value is -5.61. The maximum absolute atomic E-state index is 13.6. The van der Waals surface area contributed by atoms with Crippen LogP contribution in [0.2, 0.25) is 0 Å². The number of para-hydroxylation sites is 1. The fraction of sp³-hybridized carbons (Fsp3) is 0.175. The summed E-state index contributed by atoms with van der Waals surface area (Å²) >= 11 is 3.14. The fourth-order valence-corrected chi connectivity index (χ4v) is 9.73. The van der Waals surface area contributed by atoms with E-state index in [9.17, 15) is 18.5 Å². The fourth-order valence-electron chi connectivity index (χ4n) is 6.69. The Labute approximate surface area is 326 Å². The van der Waals surface area contributed by atoms with Crippen molar-refractivity contribution in [1.82, 2.24) is 19.9 Å². The molecule has 0 atom stereocenters. The molecule has 2 aromatic heterocycles. The van der Waals surface area contributed by atoms with Gasteiger partial charge in [0.05, 0.1) is 25.6 Å². The number of thioether (sulfide) groups is 1. The number of benzene rings is 5. The number of nitrogens with one attached hydrogen (secondary N) is 2. The lowest BCUT2D eigenvalue weighted by atomic mass is 9.99. The van der Waals surface area contributed by atoms with Gasteiger partial charge < -0.3 is 10.2 Å². The molecule has 3 heterocycles. The van der Waals surface area contributed by atoms with Crippen molar-refractivity contribution in [2.24, 2.45) is 0 Å². The number of hydrogen-bond acceptors (Lipinski definition) is 12. The minimum atomic E-state index is -4.23. The summed E-state index contributed by atoms with van der Waals surface area (Å²) < 4.78 is 31.7. The zero-order valence-corrected chi connectivity index (χ0v) is 32.0. The number of rotatable bonds is 13. The van der Waals surface area contributed by atoms with Crippen LogP contribution in [0.4, 0.5) is 22.9 Å². The third kappa shape index (κ3) is 8.24. The molecule has 15 heteroatoms. The zero-order chi connectivity index (χ0) is 37.8. The van der Waals surface area contributed by atoms with Crippen molar-refractivity contribution in [2.75, 3.05) is 53.4 Å². The molecule has 0 amide bonds.